The van der Waals surface area contributed by atoms with Crippen LogP contribution in [0.15, 0.2) is 0 Å². The molecule has 0 aromatic heterocycles. The number of carbonyl (C=O) groups excluding carboxylic acids is 3. The van der Waals surface area contributed by atoms with Crippen molar-refractivity contribution in [1.82, 2.24) is 5.32 Å². The van der Waals surface area contributed by atoms with Gasteiger partial charge in [-0.2, -0.15) is 0 Å². The van der Waals surface area contributed by atoms with Crippen molar-refractivity contribution in [2.45, 2.75) is 39.7 Å². The Morgan fingerprint density at radius 3 is 2.06 bits per heavy atom. The van der Waals surface area contributed by atoms with E-state index in [-0.39, 0.29) is 13.2 Å². The molecule has 0 saturated heterocycles. The molecule has 0 fully saturated rings. The van der Waals surface area contributed by atoms with Crippen molar-refractivity contribution >= 4 is 17.8 Å². The standard InChI is InChI=1S/C11H19NO5/c1-5-16-9(14)7-8(13)12-11(3,4)10(15)17-6-2/h5-7H2,1-4H3,(H,12,13). The van der Waals surface area contributed by atoms with Crippen LogP contribution in [0.2, 0.25) is 0 Å². The van der Waals surface area contributed by atoms with Crippen LogP contribution in [0.4, 0.5) is 0 Å². The normalized spacial score (nSPS) is 10.6. The summed E-state index contributed by atoms with van der Waals surface area (Å²) in [6.45, 7) is 6.79. The van der Waals surface area contributed by atoms with Crippen molar-refractivity contribution in [3.05, 3.63) is 0 Å². The Kier molecular flexibility index (Phi) is 6.23. The highest BCUT2D eigenvalue weighted by molar-refractivity contribution is 5.96. The first kappa shape index (κ1) is 15.4. The van der Waals surface area contributed by atoms with Gasteiger partial charge in [-0.3, -0.25) is 9.59 Å². The van der Waals surface area contributed by atoms with Crippen LogP contribution in [0.5, 0.6) is 0 Å². The third-order valence-electron chi connectivity index (χ3n) is 1.85. The van der Waals surface area contributed by atoms with Crippen LogP contribution >= 0.6 is 0 Å². The van der Waals surface area contributed by atoms with Crippen molar-refractivity contribution < 1.29 is 23.9 Å². The number of esters is 2. The van der Waals surface area contributed by atoms with Gasteiger partial charge in [-0.05, 0) is 27.7 Å². The number of nitrogens with one attached hydrogen (secondary N) is 1. The van der Waals surface area contributed by atoms with Crippen LogP contribution in [0.3, 0.4) is 0 Å². The van der Waals surface area contributed by atoms with Gasteiger partial charge in [0.1, 0.15) is 12.0 Å². The average molecular weight is 245 g/mol. The van der Waals surface area contributed by atoms with E-state index >= 15 is 0 Å². The molecule has 0 aliphatic heterocycles. The Balaban J connectivity index is 4.27. The Hall–Kier alpha value is -1.59. The maximum Gasteiger partial charge on any atom is 0.331 e. The van der Waals surface area contributed by atoms with Gasteiger partial charge in [0.25, 0.3) is 0 Å². The highest BCUT2D eigenvalue weighted by atomic mass is 16.5. The molecule has 1 amide bonds. The number of carbonyl (C=O) groups is 3. The Labute approximate surface area is 101 Å². The van der Waals surface area contributed by atoms with E-state index in [1.807, 2.05) is 0 Å². The summed E-state index contributed by atoms with van der Waals surface area (Å²) in [6.07, 6.45) is -0.406. The summed E-state index contributed by atoms with van der Waals surface area (Å²) in [4.78, 5) is 33.9. The molecule has 6 nitrogen and oxygen atoms in total. The highest BCUT2D eigenvalue weighted by Crippen LogP contribution is 2.05. The van der Waals surface area contributed by atoms with Gasteiger partial charge in [-0.15, -0.1) is 0 Å². The molecule has 0 spiro atoms. The summed E-state index contributed by atoms with van der Waals surface area (Å²) in [5.74, 6) is -1.73. The molecule has 0 saturated carbocycles. The zero-order valence-corrected chi connectivity index (χ0v) is 10.7. The lowest BCUT2D eigenvalue weighted by atomic mass is 10.1. The molecule has 0 aromatic rings. The first-order valence-electron chi connectivity index (χ1n) is 5.47. The zero-order valence-electron chi connectivity index (χ0n) is 10.7. The molecule has 0 unspecified atom stereocenters. The first-order chi connectivity index (χ1) is 7.83. The van der Waals surface area contributed by atoms with Crippen molar-refractivity contribution in [2.24, 2.45) is 0 Å². The first-order valence-corrected chi connectivity index (χ1v) is 5.47. The molecule has 0 aliphatic carbocycles. The van der Waals surface area contributed by atoms with E-state index in [9.17, 15) is 14.4 Å². The highest BCUT2D eigenvalue weighted by Gasteiger charge is 2.31. The largest absolute Gasteiger partial charge is 0.466 e. The van der Waals surface area contributed by atoms with E-state index in [2.05, 4.69) is 10.1 Å². The number of amides is 1. The zero-order chi connectivity index (χ0) is 13.5. The molecule has 1 N–H and O–H groups in total. The van der Waals surface area contributed by atoms with Gasteiger partial charge in [0.2, 0.25) is 5.91 Å². The Morgan fingerprint density at radius 2 is 1.59 bits per heavy atom. The van der Waals surface area contributed by atoms with E-state index in [4.69, 9.17) is 4.74 Å². The lowest BCUT2D eigenvalue weighted by molar-refractivity contribution is -0.153. The topological polar surface area (TPSA) is 81.7 Å². The minimum Gasteiger partial charge on any atom is -0.466 e. The predicted molar refractivity (Wildman–Crippen MR) is 60.1 cm³/mol. The summed E-state index contributed by atoms with van der Waals surface area (Å²) in [5.41, 5.74) is -1.15. The fourth-order valence-electron chi connectivity index (χ4n) is 1.10. The van der Waals surface area contributed by atoms with Gasteiger partial charge in [0, 0.05) is 0 Å². The number of hydrogen-bond donors (Lipinski definition) is 1. The predicted octanol–water partition coefficient (Wildman–Crippen LogP) is 0.397. The number of hydrogen-bond acceptors (Lipinski definition) is 5. The minimum atomic E-state index is -1.15. The molecular formula is C11H19NO5. The molecule has 0 rings (SSSR count). The van der Waals surface area contributed by atoms with E-state index in [1.54, 1.807) is 13.8 Å². The third-order valence-corrected chi connectivity index (χ3v) is 1.85. The van der Waals surface area contributed by atoms with Crippen LogP contribution in [-0.2, 0) is 23.9 Å². The number of rotatable bonds is 6. The van der Waals surface area contributed by atoms with Gasteiger partial charge in [-0.1, -0.05) is 0 Å². The minimum absolute atomic E-state index is 0.216. The maximum absolute atomic E-state index is 11.5. The molecule has 0 radical (unpaired) electrons. The summed E-state index contributed by atoms with van der Waals surface area (Å²) in [7, 11) is 0. The molecule has 0 bridgehead atoms. The van der Waals surface area contributed by atoms with Gasteiger partial charge in [0.05, 0.1) is 13.2 Å². The summed E-state index contributed by atoms with van der Waals surface area (Å²) < 4.78 is 9.41. The molecule has 0 heterocycles. The lowest BCUT2D eigenvalue weighted by Gasteiger charge is -2.23. The van der Waals surface area contributed by atoms with Crippen molar-refractivity contribution in [1.29, 1.82) is 0 Å². The third kappa shape index (κ3) is 5.89. The van der Waals surface area contributed by atoms with Crippen LogP contribution < -0.4 is 5.32 Å². The van der Waals surface area contributed by atoms with E-state index < -0.39 is 29.8 Å². The van der Waals surface area contributed by atoms with Crippen molar-refractivity contribution in [3.63, 3.8) is 0 Å². The van der Waals surface area contributed by atoms with Gasteiger partial charge < -0.3 is 14.8 Å². The Morgan fingerprint density at radius 1 is 1.06 bits per heavy atom. The monoisotopic (exact) mass is 245 g/mol. The fraction of sp³-hybridized carbons (Fsp3) is 0.727. The van der Waals surface area contributed by atoms with Crippen LogP contribution in [0, 0.1) is 0 Å². The van der Waals surface area contributed by atoms with E-state index in [1.165, 1.54) is 13.8 Å². The maximum atomic E-state index is 11.5. The smallest absolute Gasteiger partial charge is 0.331 e. The second kappa shape index (κ2) is 6.88. The van der Waals surface area contributed by atoms with Gasteiger partial charge in [0.15, 0.2) is 0 Å². The average Bonchev–Trinajstić information content (AvgIpc) is 2.16. The molecule has 17 heavy (non-hydrogen) atoms. The van der Waals surface area contributed by atoms with Gasteiger partial charge >= 0.3 is 11.9 Å². The molecule has 98 valence electrons. The quantitative estimate of drug-likeness (QED) is 0.541. The Bertz CT molecular complexity index is 298. The van der Waals surface area contributed by atoms with Crippen LogP contribution in [0.25, 0.3) is 0 Å². The molecule has 0 aliphatic rings. The molecule has 0 atom stereocenters. The molecular weight excluding hydrogens is 226 g/mol. The van der Waals surface area contributed by atoms with Crippen molar-refractivity contribution in [3.8, 4) is 0 Å². The second-order valence-electron chi connectivity index (χ2n) is 3.88. The van der Waals surface area contributed by atoms with Crippen LogP contribution in [-0.4, -0.2) is 36.6 Å². The fourth-order valence-corrected chi connectivity index (χ4v) is 1.10. The van der Waals surface area contributed by atoms with E-state index in [0.717, 1.165) is 0 Å². The number of ether oxygens (including phenoxy) is 2. The summed E-state index contributed by atoms with van der Waals surface area (Å²) >= 11 is 0. The lowest BCUT2D eigenvalue weighted by Crippen LogP contribution is -2.51. The van der Waals surface area contributed by atoms with E-state index in [0.29, 0.717) is 0 Å². The second-order valence-corrected chi connectivity index (χ2v) is 3.88. The summed E-state index contributed by atoms with van der Waals surface area (Å²) in [5, 5.41) is 2.42. The summed E-state index contributed by atoms with van der Waals surface area (Å²) in [6, 6.07) is 0. The van der Waals surface area contributed by atoms with Crippen molar-refractivity contribution in [2.75, 3.05) is 13.2 Å². The SMILES string of the molecule is CCOC(=O)CC(=O)NC(C)(C)C(=O)OCC. The molecule has 0 aromatic carbocycles. The molecule has 6 heteroatoms. The van der Waals surface area contributed by atoms with Gasteiger partial charge in [-0.25, -0.2) is 4.79 Å². The van der Waals surface area contributed by atoms with Crippen LogP contribution in [0.1, 0.15) is 34.1 Å².